The summed E-state index contributed by atoms with van der Waals surface area (Å²) in [6, 6.07) is 2.72. The highest BCUT2D eigenvalue weighted by Gasteiger charge is 2.43. The van der Waals surface area contributed by atoms with Crippen molar-refractivity contribution in [3.05, 3.63) is 59.7 Å². The largest absolute Gasteiger partial charge is 0.381 e. The van der Waals surface area contributed by atoms with Crippen LogP contribution in [-0.4, -0.2) is 52.1 Å². The van der Waals surface area contributed by atoms with Crippen molar-refractivity contribution in [2.45, 2.75) is 51.5 Å². The SMILES string of the molecule is CCc1nc2n(n1)CCN([C@H](C)[C@](O)(Cn1cncn1)c1ccc(F)cc1F)C2. The first-order chi connectivity index (χ1) is 13.9. The van der Waals surface area contributed by atoms with Crippen molar-refractivity contribution in [2.75, 3.05) is 6.54 Å². The third kappa shape index (κ3) is 3.65. The zero-order valence-corrected chi connectivity index (χ0v) is 16.3. The molecule has 0 unspecified atom stereocenters. The zero-order chi connectivity index (χ0) is 20.6. The Hall–Kier alpha value is -2.72. The van der Waals surface area contributed by atoms with Crippen LogP contribution in [0.5, 0.6) is 0 Å². The van der Waals surface area contributed by atoms with E-state index in [1.165, 1.54) is 23.4 Å². The average Bonchev–Trinajstić information content (AvgIpc) is 3.35. The molecule has 3 aromatic rings. The van der Waals surface area contributed by atoms with Gasteiger partial charge < -0.3 is 5.11 Å². The second-order valence-corrected chi connectivity index (χ2v) is 7.31. The molecule has 0 fully saturated rings. The summed E-state index contributed by atoms with van der Waals surface area (Å²) in [5.41, 5.74) is -1.65. The van der Waals surface area contributed by atoms with Gasteiger partial charge in [-0.2, -0.15) is 10.2 Å². The Morgan fingerprint density at radius 1 is 1.28 bits per heavy atom. The number of halogens is 2. The van der Waals surface area contributed by atoms with E-state index in [0.717, 1.165) is 30.2 Å². The quantitative estimate of drug-likeness (QED) is 0.672. The molecule has 1 N–H and O–H groups in total. The number of rotatable bonds is 6. The van der Waals surface area contributed by atoms with Gasteiger partial charge >= 0.3 is 0 Å². The summed E-state index contributed by atoms with van der Waals surface area (Å²) in [5, 5.41) is 20.2. The van der Waals surface area contributed by atoms with E-state index < -0.39 is 23.3 Å². The van der Waals surface area contributed by atoms with Gasteiger partial charge in [0.05, 0.1) is 19.6 Å². The summed E-state index contributed by atoms with van der Waals surface area (Å²) in [6.07, 6.45) is 3.55. The van der Waals surface area contributed by atoms with Crippen molar-refractivity contribution in [3.8, 4) is 0 Å². The molecule has 4 rings (SSSR count). The van der Waals surface area contributed by atoms with Gasteiger partial charge in [-0.05, 0) is 13.0 Å². The van der Waals surface area contributed by atoms with Gasteiger partial charge in [-0.25, -0.2) is 28.1 Å². The summed E-state index contributed by atoms with van der Waals surface area (Å²) >= 11 is 0. The second kappa shape index (κ2) is 7.60. The van der Waals surface area contributed by atoms with Crippen molar-refractivity contribution in [1.82, 2.24) is 34.4 Å². The van der Waals surface area contributed by atoms with Crippen LogP contribution in [0.4, 0.5) is 8.78 Å². The van der Waals surface area contributed by atoms with Crippen LogP contribution in [0.3, 0.4) is 0 Å². The molecule has 1 aliphatic heterocycles. The van der Waals surface area contributed by atoms with Gasteiger partial charge in [-0.15, -0.1) is 0 Å². The molecule has 0 aliphatic carbocycles. The monoisotopic (exact) mass is 403 g/mol. The van der Waals surface area contributed by atoms with Gasteiger partial charge in [-0.3, -0.25) is 4.90 Å². The third-order valence-corrected chi connectivity index (χ3v) is 5.56. The van der Waals surface area contributed by atoms with Gasteiger partial charge in [0.2, 0.25) is 0 Å². The fourth-order valence-corrected chi connectivity index (χ4v) is 3.83. The van der Waals surface area contributed by atoms with Crippen molar-refractivity contribution < 1.29 is 13.9 Å². The summed E-state index contributed by atoms with van der Waals surface area (Å²) in [7, 11) is 0. The van der Waals surface area contributed by atoms with Gasteiger partial charge in [0.25, 0.3) is 0 Å². The number of fused-ring (bicyclic) bond motifs is 1. The van der Waals surface area contributed by atoms with Gasteiger partial charge in [0.15, 0.2) is 5.82 Å². The van der Waals surface area contributed by atoms with E-state index in [-0.39, 0.29) is 12.1 Å². The molecule has 1 aromatic carbocycles. The lowest BCUT2D eigenvalue weighted by atomic mass is 9.85. The lowest BCUT2D eigenvalue weighted by molar-refractivity contribution is -0.0714. The van der Waals surface area contributed by atoms with Crippen LogP contribution in [-0.2, 0) is 31.7 Å². The van der Waals surface area contributed by atoms with Crippen molar-refractivity contribution in [1.29, 1.82) is 0 Å². The normalized spacial score (nSPS) is 17.7. The van der Waals surface area contributed by atoms with E-state index in [2.05, 4.69) is 20.2 Å². The number of nitrogens with zero attached hydrogens (tertiary/aromatic N) is 7. The van der Waals surface area contributed by atoms with Crippen molar-refractivity contribution in [3.63, 3.8) is 0 Å². The lowest BCUT2D eigenvalue weighted by Crippen LogP contribution is -2.53. The maximum Gasteiger partial charge on any atom is 0.150 e. The molecule has 0 amide bonds. The molecule has 0 bridgehead atoms. The molecule has 8 nitrogen and oxygen atoms in total. The van der Waals surface area contributed by atoms with Crippen LogP contribution >= 0.6 is 0 Å². The smallest absolute Gasteiger partial charge is 0.150 e. The van der Waals surface area contributed by atoms with E-state index in [1.807, 2.05) is 23.4 Å². The fourth-order valence-electron chi connectivity index (χ4n) is 3.83. The molecule has 1 aliphatic rings. The number of aryl methyl sites for hydroxylation is 1. The first-order valence-electron chi connectivity index (χ1n) is 9.57. The molecule has 0 spiro atoms. The Morgan fingerprint density at radius 2 is 2.10 bits per heavy atom. The minimum atomic E-state index is -1.67. The average molecular weight is 403 g/mol. The minimum Gasteiger partial charge on any atom is -0.381 e. The van der Waals surface area contributed by atoms with Gasteiger partial charge in [0, 0.05) is 30.6 Å². The van der Waals surface area contributed by atoms with Crippen LogP contribution in [0.25, 0.3) is 0 Å². The maximum absolute atomic E-state index is 14.7. The van der Waals surface area contributed by atoms with E-state index >= 15 is 0 Å². The van der Waals surface area contributed by atoms with E-state index in [0.29, 0.717) is 19.6 Å². The Bertz CT molecular complexity index is 991. The predicted octanol–water partition coefficient (Wildman–Crippen LogP) is 1.50. The highest BCUT2D eigenvalue weighted by molar-refractivity contribution is 5.27. The van der Waals surface area contributed by atoms with Gasteiger partial charge in [-0.1, -0.05) is 13.0 Å². The van der Waals surface area contributed by atoms with Gasteiger partial charge in [0.1, 0.15) is 35.7 Å². The molecule has 0 saturated carbocycles. The molecule has 29 heavy (non-hydrogen) atoms. The summed E-state index contributed by atoms with van der Waals surface area (Å²) in [4.78, 5) is 10.5. The zero-order valence-electron chi connectivity index (χ0n) is 16.3. The molecule has 2 atom stereocenters. The summed E-state index contributed by atoms with van der Waals surface area (Å²) in [6.45, 7) is 5.50. The molecule has 0 saturated heterocycles. The first-order valence-corrected chi connectivity index (χ1v) is 9.57. The molecule has 2 aromatic heterocycles. The highest BCUT2D eigenvalue weighted by atomic mass is 19.1. The first kappa shape index (κ1) is 19.6. The van der Waals surface area contributed by atoms with Crippen LogP contribution < -0.4 is 0 Å². The predicted molar refractivity (Wildman–Crippen MR) is 99.5 cm³/mol. The Kier molecular flexibility index (Phi) is 5.13. The second-order valence-electron chi connectivity index (χ2n) is 7.31. The number of benzene rings is 1. The standard InChI is InChI=1S/C19H23F2N7O/c1-3-17-24-18-9-26(6-7-28(18)25-17)13(2)19(29,10-27-12-22-11-23-27)15-5-4-14(20)8-16(15)21/h4-5,8,11-13,29H,3,6-7,9-10H2,1-2H3/t13-,19-/m1/s1. The molecular weight excluding hydrogens is 380 g/mol. The van der Waals surface area contributed by atoms with E-state index in [9.17, 15) is 13.9 Å². The Labute approximate surface area is 166 Å². The minimum absolute atomic E-state index is 0.0168. The molecule has 3 heterocycles. The topological polar surface area (TPSA) is 84.9 Å². The van der Waals surface area contributed by atoms with Crippen LogP contribution in [0.15, 0.2) is 30.9 Å². The van der Waals surface area contributed by atoms with Crippen molar-refractivity contribution in [2.24, 2.45) is 0 Å². The lowest BCUT2D eigenvalue weighted by Gasteiger charge is -2.42. The number of hydrogen-bond acceptors (Lipinski definition) is 6. The maximum atomic E-state index is 14.7. The Balaban J connectivity index is 1.68. The number of aliphatic hydroxyl groups is 1. The molecular formula is C19H23F2N7O. The molecule has 10 heteroatoms. The fraction of sp³-hybridized carbons (Fsp3) is 0.474. The summed E-state index contributed by atoms with van der Waals surface area (Å²) in [5.74, 6) is 0.0904. The molecule has 0 radical (unpaired) electrons. The van der Waals surface area contributed by atoms with E-state index in [1.54, 1.807) is 0 Å². The van der Waals surface area contributed by atoms with Crippen LogP contribution in [0, 0.1) is 11.6 Å². The number of hydrogen-bond donors (Lipinski definition) is 1. The van der Waals surface area contributed by atoms with E-state index in [4.69, 9.17) is 0 Å². The Morgan fingerprint density at radius 3 is 2.79 bits per heavy atom. The van der Waals surface area contributed by atoms with Crippen molar-refractivity contribution >= 4 is 0 Å². The number of aromatic nitrogens is 6. The highest BCUT2D eigenvalue weighted by Crippen LogP contribution is 2.34. The van der Waals surface area contributed by atoms with Crippen LogP contribution in [0.1, 0.15) is 31.1 Å². The summed E-state index contributed by atoms with van der Waals surface area (Å²) < 4.78 is 31.5. The molecule has 154 valence electrons. The third-order valence-electron chi connectivity index (χ3n) is 5.56. The van der Waals surface area contributed by atoms with Crippen LogP contribution in [0.2, 0.25) is 0 Å².